The summed E-state index contributed by atoms with van der Waals surface area (Å²) in [4.78, 5) is 10.9. The van der Waals surface area contributed by atoms with Crippen molar-refractivity contribution in [1.82, 2.24) is 0 Å². The van der Waals surface area contributed by atoms with Crippen molar-refractivity contribution in [2.75, 3.05) is 7.11 Å². The van der Waals surface area contributed by atoms with Gasteiger partial charge in [-0.25, -0.2) is 0 Å². The van der Waals surface area contributed by atoms with Gasteiger partial charge >= 0.3 is 5.97 Å². The Labute approximate surface area is 146 Å². The molecule has 0 aromatic heterocycles. The fourth-order valence-corrected chi connectivity index (χ4v) is 2.50. The van der Waals surface area contributed by atoms with Gasteiger partial charge in [0.2, 0.25) is 0 Å². The number of hydrogen-bond donors (Lipinski definition) is 3. The van der Waals surface area contributed by atoms with E-state index in [0.717, 1.165) is 51.4 Å². The van der Waals surface area contributed by atoms with Crippen LogP contribution in [-0.4, -0.2) is 46.7 Å². The summed E-state index contributed by atoms with van der Waals surface area (Å²) in [6, 6.07) is 0. The molecular formula is C19H36O5. The second-order valence-corrected chi connectivity index (χ2v) is 6.39. The Morgan fingerprint density at radius 3 is 2.21 bits per heavy atom. The number of aliphatic hydroxyl groups excluding tert-OH is 3. The third-order valence-corrected chi connectivity index (χ3v) is 4.14. The van der Waals surface area contributed by atoms with Gasteiger partial charge in [-0.2, -0.15) is 0 Å². The second kappa shape index (κ2) is 15.6. The van der Waals surface area contributed by atoms with Gasteiger partial charge in [-0.1, -0.05) is 64.0 Å². The SMILES string of the molecule is CCCCC[C@@H](O)/C=C/[C@H](O)[C@H](O)CCCCCCCC(=O)OC. The zero-order chi connectivity index (χ0) is 18.2. The smallest absolute Gasteiger partial charge is 0.305 e. The fraction of sp³-hybridized carbons (Fsp3) is 0.842. The van der Waals surface area contributed by atoms with Crippen LogP contribution in [0.5, 0.6) is 0 Å². The summed E-state index contributed by atoms with van der Waals surface area (Å²) < 4.78 is 4.58. The molecule has 0 unspecified atom stereocenters. The minimum Gasteiger partial charge on any atom is -0.469 e. The number of esters is 1. The fourth-order valence-electron chi connectivity index (χ4n) is 2.50. The molecule has 5 heteroatoms. The first-order valence-corrected chi connectivity index (χ1v) is 9.30. The second-order valence-electron chi connectivity index (χ2n) is 6.39. The molecule has 3 atom stereocenters. The standard InChI is InChI=1S/C19H36O5/c1-3-4-8-11-16(20)14-15-18(22)17(21)12-9-6-5-7-10-13-19(23)24-2/h14-18,20-22H,3-13H2,1-2H3/b15-14+/t16-,17-,18+/m1/s1. The topological polar surface area (TPSA) is 87.0 Å². The molecule has 24 heavy (non-hydrogen) atoms. The largest absolute Gasteiger partial charge is 0.469 e. The Bertz CT molecular complexity index is 330. The highest BCUT2D eigenvalue weighted by Gasteiger charge is 2.13. The lowest BCUT2D eigenvalue weighted by molar-refractivity contribution is -0.140. The summed E-state index contributed by atoms with van der Waals surface area (Å²) in [7, 11) is 1.40. The number of ether oxygens (including phenoxy) is 1. The minimum atomic E-state index is -0.926. The van der Waals surface area contributed by atoms with Crippen LogP contribution in [0.15, 0.2) is 12.2 Å². The average Bonchev–Trinajstić information content (AvgIpc) is 2.58. The van der Waals surface area contributed by atoms with E-state index in [4.69, 9.17) is 0 Å². The lowest BCUT2D eigenvalue weighted by Gasteiger charge is -2.15. The third kappa shape index (κ3) is 13.5. The summed E-state index contributed by atoms with van der Waals surface area (Å²) in [5.74, 6) is -0.169. The Morgan fingerprint density at radius 1 is 0.917 bits per heavy atom. The van der Waals surface area contributed by atoms with E-state index in [9.17, 15) is 20.1 Å². The molecule has 0 aliphatic rings. The van der Waals surface area contributed by atoms with E-state index < -0.39 is 18.3 Å². The average molecular weight is 344 g/mol. The van der Waals surface area contributed by atoms with Crippen molar-refractivity contribution in [3.05, 3.63) is 12.2 Å². The summed E-state index contributed by atoms with van der Waals surface area (Å²) >= 11 is 0. The number of carbonyl (C=O) groups is 1. The normalized spacial score (nSPS) is 15.4. The monoisotopic (exact) mass is 344 g/mol. The molecule has 0 fully saturated rings. The van der Waals surface area contributed by atoms with Gasteiger partial charge in [0, 0.05) is 6.42 Å². The highest BCUT2D eigenvalue weighted by atomic mass is 16.5. The third-order valence-electron chi connectivity index (χ3n) is 4.14. The Hall–Kier alpha value is -0.910. The van der Waals surface area contributed by atoms with Gasteiger partial charge in [0.05, 0.1) is 25.4 Å². The predicted molar refractivity (Wildman–Crippen MR) is 95.6 cm³/mol. The van der Waals surface area contributed by atoms with E-state index in [-0.39, 0.29) is 5.97 Å². The van der Waals surface area contributed by atoms with Gasteiger partial charge in [-0.3, -0.25) is 4.79 Å². The van der Waals surface area contributed by atoms with Crippen molar-refractivity contribution in [3.63, 3.8) is 0 Å². The Kier molecular flexibility index (Phi) is 15.0. The Morgan fingerprint density at radius 2 is 1.54 bits per heavy atom. The molecule has 0 aliphatic heterocycles. The van der Waals surface area contributed by atoms with Crippen LogP contribution >= 0.6 is 0 Å². The van der Waals surface area contributed by atoms with Crippen molar-refractivity contribution >= 4 is 5.97 Å². The molecule has 0 heterocycles. The van der Waals surface area contributed by atoms with Crippen LogP contribution < -0.4 is 0 Å². The zero-order valence-electron chi connectivity index (χ0n) is 15.3. The number of hydrogen-bond acceptors (Lipinski definition) is 5. The number of methoxy groups -OCH3 is 1. The van der Waals surface area contributed by atoms with Gasteiger partial charge < -0.3 is 20.1 Å². The maximum atomic E-state index is 10.9. The molecule has 0 bridgehead atoms. The molecule has 0 saturated carbocycles. The van der Waals surface area contributed by atoms with Gasteiger partial charge in [-0.05, 0) is 19.3 Å². The van der Waals surface area contributed by atoms with Crippen LogP contribution in [0.3, 0.4) is 0 Å². The summed E-state index contributed by atoms with van der Waals surface area (Å²) in [5, 5.41) is 29.5. The van der Waals surface area contributed by atoms with Crippen molar-refractivity contribution in [2.45, 2.75) is 95.9 Å². The number of unbranched alkanes of at least 4 members (excludes halogenated alkanes) is 6. The molecule has 142 valence electrons. The molecule has 0 amide bonds. The molecular weight excluding hydrogens is 308 g/mol. The van der Waals surface area contributed by atoms with Crippen LogP contribution in [0.25, 0.3) is 0 Å². The number of carbonyl (C=O) groups excluding carboxylic acids is 1. The van der Waals surface area contributed by atoms with E-state index in [1.807, 2.05) is 0 Å². The summed E-state index contributed by atoms with van der Waals surface area (Å²) in [5.41, 5.74) is 0. The summed E-state index contributed by atoms with van der Waals surface area (Å²) in [6.45, 7) is 2.11. The quantitative estimate of drug-likeness (QED) is 0.241. The molecule has 5 nitrogen and oxygen atoms in total. The maximum absolute atomic E-state index is 10.9. The van der Waals surface area contributed by atoms with Gasteiger partial charge in [0.15, 0.2) is 0 Å². The van der Waals surface area contributed by atoms with E-state index >= 15 is 0 Å². The van der Waals surface area contributed by atoms with Gasteiger partial charge in [-0.15, -0.1) is 0 Å². The highest BCUT2D eigenvalue weighted by Crippen LogP contribution is 2.12. The first-order chi connectivity index (χ1) is 11.5. The molecule has 0 radical (unpaired) electrons. The molecule has 0 aliphatic carbocycles. The van der Waals surface area contributed by atoms with Crippen molar-refractivity contribution in [2.24, 2.45) is 0 Å². The lowest BCUT2D eigenvalue weighted by Crippen LogP contribution is -2.24. The first-order valence-electron chi connectivity index (χ1n) is 9.30. The van der Waals surface area contributed by atoms with Crippen LogP contribution in [0.2, 0.25) is 0 Å². The molecule has 0 saturated heterocycles. The van der Waals surface area contributed by atoms with Crippen molar-refractivity contribution in [1.29, 1.82) is 0 Å². The van der Waals surface area contributed by atoms with E-state index in [2.05, 4.69) is 11.7 Å². The van der Waals surface area contributed by atoms with Crippen LogP contribution in [0.1, 0.15) is 77.6 Å². The van der Waals surface area contributed by atoms with Crippen molar-refractivity contribution in [3.8, 4) is 0 Å². The van der Waals surface area contributed by atoms with Crippen LogP contribution in [-0.2, 0) is 9.53 Å². The van der Waals surface area contributed by atoms with E-state index in [0.29, 0.717) is 19.3 Å². The molecule has 0 aromatic rings. The van der Waals surface area contributed by atoms with E-state index in [1.165, 1.54) is 13.2 Å². The predicted octanol–water partition coefficient (Wildman–Crippen LogP) is 3.11. The lowest BCUT2D eigenvalue weighted by atomic mass is 10.0. The van der Waals surface area contributed by atoms with Crippen LogP contribution in [0, 0.1) is 0 Å². The van der Waals surface area contributed by atoms with E-state index in [1.54, 1.807) is 6.08 Å². The maximum Gasteiger partial charge on any atom is 0.305 e. The zero-order valence-corrected chi connectivity index (χ0v) is 15.3. The minimum absolute atomic E-state index is 0.169. The van der Waals surface area contributed by atoms with Crippen molar-refractivity contribution < 1.29 is 24.9 Å². The molecule has 0 rings (SSSR count). The number of aliphatic hydroxyl groups is 3. The molecule has 3 N–H and O–H groups in total. The summed E-state index contributed by atoms with van der Waals surface area (Å²) in [6.07, 6.45) is 10.3. The Balaban J connectivity index is 3.67. The van der Waals surface area contributed by atoms with Gasteiger partial charge in [0.1, 0.15) is 0 Å². The van der Waals surface area contributed by atoms with Crippen LogP contribution in [0.4, 0.5) is 0 Å². The van der Waals surface area contributed by atoms with Gasteiger partial charge in [0.25, 0.3) is 0 Å². The molecule has 0 aromatic carbocycles. The molecule has 0 spiro atoms. The highest BCUT2D eigenvalue weighted by molar-refractivity contribution is 5.68. The first kappa shape index (κ1) is 23.1. The number of rotatable bonds is 15.